The molecule has 0 bridgehead atoms. The number of hydrogen-bond acceptors (Lipinski definition) is 3. The van der Waals surface area contributed by atoms with Gasteiger partial charge in [-0.25, -0.2) is 4.98 Å². The number of imidazole rings is 1. The first-order valence-electron chi connectivity index (χ1n) is 9.14. The molecule has 1 fully saturated rings. The molecule has 1 aromatic carbocycles. The normalized spacial score (nSPS) is 20.4. The van der Waals surface area contributed by atoms with Crippen molar-refractivity contribution in [3.8, 4) is 0 Å². The number of benzene rings is 1. The second-order valence-corrected chi connectivity index (χ2v) is 7.15. The molecule has 2 aromatic rings. The van der Waals surface area contributed by atoms with E-state index in [0.29, 0.717) is 19.7 Å². The summed E-state index contributed by atoms with van der Waals surface area (Å²) < 4.78 is 7.88. The highest BCUT2D eigenvalue weighted by molar-refractivity contribution is 5.94. The highest BCUT2D eigenvalue weighted by Crippen LogP contribution is 2.25. The van der Waals surface area contributed by atoms with E-state index in [9.17, 15) is 4.79 Å². The minimum absolute atomic E-state index is 0.104. The van der Waals surface area contributed by atoms with Gasteiger partial charge in [-0.05, 0) is 55.9 Å². The number of fused-ring (bicyclic) bond motifs is 1. The summed E-state index contributed by atoms with van der Waals surface area (Å²) in [6.45, 7) is 3.71. The van der Waals surface area contributed by atoms with E-state index in [4.69, 9.17) is 4.74 Å². The van der Waals surface area contributed by atoms with Crippen LogP contribution in [0.4, 0.5) is 0 Å². The lowest BCUT2D eigenvalue weighted by Gasteiger charge is -2.33. The zero-order chi connectivity index (χ0) is 17.4. The maximum Gasteiger partial charge on any atom is 0.254 e. The number of morpholine rings is 1. The summed E-state index contributed by atoms with van der Waals surface area (Å²) in [6, 6.07) is 6.23. The Morgan fingerprint density at radius 3 is 2.80 bits per heavy atom. The summed E-state index contributed by atoms with van der Waals surface area (Å²) in [6.07, 6.45) is 6.55. The largest absolute Gasteiger partial charge is 0.367 e. The van der Waals surface area contributed by atoms with Gasteiger partial charge in [-0.1, -0.05) is 6.07 Å². The predicted molar refractivity (Wildman–Crippen MR) is 95.6 cm³/mol. The fourth-order valence-electron chi connectivity index (χ4n) is 3.97. The van der Waals surface area contributed by atoms with Crippen LogP contribution >= 0.6 is 0 Å². The van der Waals surface area contributed by atoms with E-state index >= 15 is 0 Å². The predicted octanol–water partition coefficient (Wildman–Crippen LogP) is 2.82. The van der Waals surface area contributed by atoms with Crippen molar-refractivity contribution in [1.29, 1.82) is 0 Å². The van der Waals surface area contributed by atoms with E-state index in [2.05, 4.69) is 17.1 Å². The van der Waals surface area contributed by atoms with Crippen molar-refractivity contribution in [3.63, 3.8) is 0 Å². The Bertz CT molecular complexity index is 796. The van der Waals surface area contributed by atoms with Gasteiger partial charge in [0.15, 0.2) is 0 Å². The van der Waals surface area contributed by atoms with Crippen LogP contribution in [0.15, 0.2) is 24.4 Å². The third-order valence-electron chi connectivity index (χ3n) is 5.27. The summed E-state index contributed by atoms with van der Waals surface area (Å²) in [5, 5.41) is 0. The molecule has 2 aliphatic rings. The van der Waals surface area contributed by atoms with Crippen molar-refractivity contribution in [3.05, 3.63) is 52.6 Å². The molecule has 132 valence electrons. The molecule has 0 radical (unpaired) electrons. The molecule has 1 aliphatic carbocycles. The number of hydrogen-bond donors (Lipinski definition) is 0. The molecular weight excluding hydrogens is 314 g/mol. The molecule has 1 saturated heterocycles. The van der Waals surface area contributed by atoms with Gasteiger partial charge in [-0.15, -0.1) is 0 Å². The SMILES string of the molecule is Cc1cn(C)c(C2CN(C(=O)c3ccc4c(c3)CCCC4)CCO2)n1. The van der Waals surface area contributed by atoms with Crippen LogP contribution in [0.5, 0.6) is 0 Å². The van der Waals surface area contributed by atoms with E-state index < -0.39 is 0 Å². The van der Waals surface area contributed by atoms with Gasteiger partial charge < -0.3 is 14.2 Å². The van der Waals surface area contributed by atoms with Gasteiger partial charge in [0.2, 0.25) is 0 Å². The molecule has 1 aromatic heterocycles. The molecule has 1 amide bonds. The first-order valence-corrected chi connectivity index (χ1v) is 9.14. The molecule has 25 heavy (non-hydrogen) atoms. The average Bonchev–Trinajstić information content (AvgIpc) is 2.99. The molecule has 5 heteroatoms. The third kappa shape index (κ3) is 3.21. The minimum Gasteiger partial charge on any atom is -0.367 e. The number of aryl methyl sites for hydroxylation is 4. The molecule has 0 spiro atoms. The fourth-order valence-corrected chi connectivity index (χ4v) is 3.97. The first kappa shape index (κ1) is 16.3. The highest BCUT2D eigenvalue weighted by atomic mass is 16.5. The molecular formula is C20H25N3O2. The van der Waals surface area contributed by atoms with Crippen LogP contribution < -0.4 is 0 Å². The Morgan fingerprint density at radius 2 is 2.04 bits per heavy atom. The highest BCUT2D eigenvalue weighted by Gasteiger charge is 2.29. The van der Waals surface area contributed by atoms with Crippen molar-refractivity contribution in [2.75, 3.05) is 19.7 Å². The summed E-state index contributed by atoms with van der Waals surface area (Å²) in [7, 11) is 1.98. The summed E-state index contributed by atoms with van der Waals surface area (Å²) in [5.74, 6) is 0.994. The number of amides is 1. The topological polar surface area (TPSA) is 47.4 Å². The van der Waals surface area contributed by atoms with E-state index in [1.165, 1.54) is 24.0 Å². The van der Waals surface area contributed by atoms with Gasteiger partial charge in [-0.2, -0.15) is 0 Å². The van der Waals surface area contributed by atoms with E-state index in [1.807, 2.05) is 35.7 Å². The van der Waals surface area contributed by atoms with Gasteiger partial charge in [0, 0.05) is 25.4 Å². The second-order valence-electron chi connectivity index (χ2n) is 7.15. The number of rotatable bonds is 2. The van der Waals surface area contributed by atoms with Crippen molar-refractivity contribution < 1.29 is 9.53 Å². The van der Waals surface area contributed by atoms with Crippen LogP contribution in [0.25, 0.3) is 0 Å². The Balaban J connectivity index is 1.53. The molecule has 5 nitrogen and oxygen atoms in total. The summed E-state index contributed by atoms with van der Waals surface area (Å²) in [5.41, 5.74) is 4.53. The number of ether oxygens (including phenoxy) is 1. The molecule has 0 N–H and O–H groups in total. The Labute approximate surface area is 148 Å². The smallest absolute Gasteiger partial charge is 0.254 e. The molecule has 1 atom stereocenters. The maximum absolute atomic E-state index is 13.0. The summed E-state index contributed by atoms with van der Waals surface area (Å²) in [4.78, 5) is 19.5. The van der Waals surface area contributed by atoms with Crippen LogP contribution in [0.1, 0.15) is 51.9 Å². The number of carbonyl (C=O) groups is 1. The van der Waals surface area contributed by atoms with Crippen LogP contribution in [0.3, 0.4) is 0 Å². The van der Waals surface area contributed by atoms with Crippen molar-refractivity contribution >= 4 is 5.91 Å². The molecule has 0 saturated carbocycles. The molecule has 1 aliphatic heterocycles. The number of aromatic nitrogens is 2. The quantitative estimate of drug-likeness (QED) is 0.845. The minimum atomic E-state index is -0.158. The van der Waals surface area contributed by atoms with E-state index in [-0.39, 0.29) is 12.0 Å². The van der Waals surface area contributed by atoms with Gasteiger partial charge in [-0.3, -0.25) is 4.79 Å². The van der Waals surface area contributed by atoms with E-state index in [0.717, 1.165) is 29.9 Å². The fraction of sp³-hybridized carbons (Fsp3) is 0.500. The van der Waals surface area contributed by atoms with Crippen molar-refractivity contribution in [1.82, 2.24) is 14.5 Å². The van der Waals surface area contributed by atoms with Crippen LogP contribution in [-0.4, -0.2) is 40.1 Å². The molecule has 1 unspecified atom stereocenters. The number of nitrogens with zero attached hydrogens (tertiary/aromatic N) is 3. The van der Waals surface area contributed by atoms with Gasteiger partial charge in [0.1, 0.15) is 11.9 Å². The standard InChI is InChI=1S/C20H25N3O2/c1-14-12-22(2)19(21-14)18-13-23(9-10-25-18)20(24)17-8-7-15-5-3-4-6-16(15)11-17/h7-8,11-12,18H,3-6,9-10,13H2,1-2H3. The lowest BCUT2D eigenvalue weighted by Crippen LogP contribution is -2.42. The summed E-state index contributed by atoms with van der Waals surface area (Å²) >= 11 is 0. The van der Waals surface area contributed by atoms with Gasteiger partial charge in [0.25, 0.3) is 5.91 Å². The zero-order valence-electron chi connectivity index (χ0n) is 15.0. The first-order chi connectivity index (χ1) is 12.1. The lowest BCUT2D eigenvalue weighted by molar-refractivity contribution is -0.0279. The maximum atomic E-state index is 13.0. The number of carbonyl (C=O) groups excluding carboxylic acids is 1. The van der Waals surface area contributed by atoms with Crippen LogP contribution in [-0.2, 0) is 24.6 Å². The molecule has 2 heterocycles. The zero-order valence-corrected chi connectivity index (χ0v) is 15.0. The van der Waals surface area contributed by atoms with Crippen LogP contribution in [0.2, 0.25) is 0 Å². The average molecular weight is 339 g/mol. The Hall–Kier alpha value is -2.14. The van der Waals surface area contributed by atoms with Crippen molar-refractivity contribution in [2.45, 2.75) is 38.7 Å². The van der Waals surface area contributed by atoms with E-state index in [1.54, 1.807) is 0 Å². The monoisotopic (exact) mass is 339 g/mol. The lowest BCUT2D eigenvalue weighted by atomic mass is 9.90. The Morgan fingerprint density at radius 1 is 1.24 bits per heavy atom. The Kier molecular flexibility index (Phi) is 4.34. The second kappa shape index (κ2) is 6.64. The van der Waals surface area contributed by atoms with Gasteiger partial charge in [0.05, 0.1) is 18.8 Å². The van der Waals surface area contributed by atoms with Gasteiger partial charge >= 0.3 is 0 Å². The third-order valence-corrected chi connectivity index (χ3v) is 5.27. The van der Waals surface area contributed by atoms with Crippen LogP contribution in [0, 0.1) is 6.92 Å². The van der Waals surface area contributed by atoms with Crippen molar-refractivity contribution in [2.24, 2.45) is 7.05 Å². The molecule has 4 rings (SSSR count).